The van der Waals surface area contributed by atoms with Crippen LogP contribution in [-0.2, 0) is 6.18 Å². The third-order valence-corrected chi connectivity index (χ3v) is 4.97. The SMILES string of the molecule is CC(C)c1c(C(=O)N[C@@H](C)c2ccc(F)c(Cl)c2)cnn1-c1ccc(C(F)(F)F)cn1. The molecular weight excluding hydrogens is 436 g/mol. The fourth-order valence-corrected chi connectivity index (χ4v) is 3.28. The molecule has 5 nitrogen and oxygen atoms in total. The van der Waals surface area contributed by atoms with Gasteiger partial charge in [-0.15, -0.1) is 0 Å². The van der Waals surface area contributed by atoms with E-state index in [1.807, 2.05) is 13.8 Å². The van der Waals surface area contributed by atoms with Crippen molar-refractivity contribution in [3.63, 3.8) is 0 Å². The van der Waals surface area contributed by atoms with E-state index in [2.05, 4.69) is 15.4 Å². The lowest BCUT2D eigenvalue weighted by molar-refractivity contribution is -0.137. The molecule has 3 rings (SSSR count). The fourth-order valence-electron chi connectivity index (χ4n) is 3.09. The average Bonchev–Trinajstić information content (AvgIpc) is 3.15. The summed E-state index contributed by atoms with van der Waals surface area (Å²) in [5.74, 6) is -1.01. The summed E-state index contributed by atoms with van der Waals surface area (Å²) in [5.41, 5.74) is 0.493. The molecule has 0 fully saturated rings. The molecule has 1 aromatic carbocycles. The average molecular weight is 455 g/mol. The molecule has 31 heavy (non-hydrogen) atoms. The lowest BCUT2D eigenvalue weighted by Crippen LogP contribution is -2.27. The second-order valence-corrected chi connectivity index (χ2v) is 7.69. The van der Waals surface area contributed by atoms with Crippen LogP contribution in [0.1, 0.15) is 59.9 Å². The van der Waals surface area contributed by atoms with Crippen LogP contribution in [0.4, 0.5) is 17.6 Å². The molecular formula is C21H19ClF4N4O. The molecule has 164 valence electrons. The van der Waals surface area contributed by atoms with E-state index in [1.54, 1.807) is 6.92 Å². The standard InChI is InChI=1S/C21H19ClF4N4O/c1-11(2)19-15(20(31)29-12(3)13-4-6-17(23)16(22)8-13)10-28-30(19)18-7-5-14(9-27-18)21(24,25)26/h4-12H,1-3H3,(H,29,31)/t12-/m0/s1. The molecule has 0 radical (unpaired) electrons. The fraction of sp³-hybridized carbons (Fsp3) is 0.286. The zero-order chi connectivity index (χ0) is 22.9. The van der Waals surface area contributed by atoms with E-state index >= 15 is 0 Å². The smallest absolute Gasteiger partial charge is 0.345 e. The van der Waals surface area contributed by atoms with Gasteiger partial charge in [-0.1, -0.05) is 31.5 Å². The number of rotatable bonds is 5. The third-order valence-electron chi connectivity index (χ3n) is 4.68. The number of nitrogens with zero attached hydrogens (tertiary/aromatic N) is 3. The summed E-state index contributed by atoms with van der Waals surface area (Å²) in [6.45, 7) is 5.38. The molecule has 3 aromatic rings. The minimum absolute atomic E-state index is 0.0531. The van der Waals surface area contributed by atoms with E-state index in [-0.39, 0.29) is 22.3 Å². The zero-order valence-corrected chi connectivity index (χ0v) is 17.6. The quantitative estimate of drug-likeness (QED) is 0.503. The number of pyridine rings is 1. The Morgan fingerprint density at radius 3 is 2.39 bits per heavy atom. The van der Waals surface area contributed by atoms with Crippen molar-refractivity contribution >= 4 is 17.5 Å². The maximum atomic E-state index is 13.4. The predicted molar refractivity (Wildman–Crippen MR) is 108 cm³/mol. The number of carbonyl (C=O) groups excluding carboxylic acids is 1. The number of hydrogen-bond acceptors (Lipinski definition) is 3. The highest BCUT2D eigenvalue weighted by Crippen LogP contribution is 2.30. The number of nitrogens with one attached hydrogen (secondary N) is 1. The van der Waals surface area contributed by atoms with E-state index < -0.39 is 29.5 Å². The Kier molecular flexibility index (Phi) is 6.35. The lowest BCUT2D eigenvalue weighted by Gasteiger charge is -2.16. The first kappa shape index (κ1) is 22.7. The number of amides is 1. The largest absolute Gasteiger partial charge is 0.417 e. The first-order chi connectivity index (χ1) is 14.5. The molecule has 0 spiro atoms. The first-order valence-corrected chi connectivity index (χ1v) is 9.74. The molecule has 0 aliphatic heterocycles. The van der Waals surface area contributed by atoms with Crippen LogP contribution in [0.2, 0.25) is 5.02 Å². The molecule has 1 atom stereocenters. The van der Waals surface area contributed by atoms with Gasteiger partial charge in [-0.3, -0.25) is 4.79 Å². The van der Waals surface area contributed by atoms with Crippen LogP contribution in [0.15, 0.2) is 42.7 Å². The number of carbonyl (C=O) groups is 1. The Morgan fingerprint density at radius 2 is 1.84 bits per heavy atom. The van der Waals surface area contributed by atoms with Gasteiger partial charge in [-0.25, -0.2) is 14.1 Å². The van der Waals surface area contributed by atoms with Crippen molar-refractivity contribution in [2.75, 3.05) is 0 Å². The number of halogens is 5. The molecule has 10 heteroatoms. The van der Waals surface area contributed by atoms with Crippen LogP contribution in [-0.4, -0.2) is 20.7 Å². The minimum Gasteiger partial charge on any atom is -0.345 e. The van der Waals surface area contributed by atoms with Crippen molar-refractivity contribution < 1.29 is 22.4 Å². The Labute approximate surface area is 181 Å². The van der Waals surface area contributed by atoms with Gasteiger partial charge in [0.25, 0.3) is 5.91 Å². The Balaban J connectivity index is 1.89. The van der Waals surface area contributed by atoms with E-state index in [0.717, 1.165) is 12.3 Å². The Hall–Kier alpha value is -2.94. The Bertz CT molecular complexity index is 1090. The zero-order valence-electron chi connectivity index (χ0n) is 16.8. The van der Waals surface area contributed by atoms with Gasteiger partial charge in [0.15, 0.2) is 5.82 Å². The summed E-state index contributed by atoms with van der Waals surface area (Å²) in [6, 6.07) is 5.80. The Morgan fingerprint density at radius 1 is 1.13 bits per heavy atom. The van der Waals surface area contributed by atoms with E-state index in [1.165, 1.54) is 35.1 Å². The molecule has 0 saturated carbocycles. The van der Waals surface area contributed by atoms with Crippen LogP contribution in [0.5, 0.6) is 0 Å². The number of hydrogen-bond donors (Lipinski definition) is 1. The van der Waals surface area contributed by atoms with Gasteiger partial charge in [0.05, 0.1) is 34.1 Å². The monoisotopic (exact) mass is 454 g/mol. The second-order valence-electron chi connectivity index (χ2n) is 7.28. The molecule has 0 aliphatic carbocycles. The van der Waals surface area contributed by atoms with Gasteiger partial charge in [0.2, 0.25) is 0 Å². The first-order valence-electron chi connectivity index (χ1n) is 9.36. The van der Waals surface area contributed by atoms with Gasteiger partial charge in [0.1, 0.15) is 5.82 Å². The molecule has 1 amide bonds. The van der Waals surface area contributed by atoms with Crippen molar-refractivity contribution in [1.29, 1.82) is 0 Å². The highest BCUT2D eigenvalue weighted by Gasteiger charge is 2.31. The lowest BCUT2D eigenvalue weighted by atomic mass is 10.0. The van der Waals surface area contributed by atoms with Gasteiger partial charge < -0.3 is 5.32 Å². The number of benzene rings is 1. The number of aromatic nitrogens is 3. The van der Waals surface area contributed by atoms with E-state index in [0.29, 0.717) is 11.3 Å². The molecule has 2 aromatic heterocycles. The minimum atomic E-state index is -4.50. The summed E-state index contributed by atoms with van der Waals surface area (Å²) in [5, 5.41) is 6.92. The van der Waals surface area contributed by atoms with E-state index in [9.17, 15) is 22.4 Å². The molecule has 0 bridgehead atoms. The summed E-state index contributed by atoms with van der Waals surface area (Å²) >= 11 is 5.81. The van der Waals surface area contributed by atoms with Crippen LogP contribution in [0.3, 0.4) is 0 Å². The van der Waals surface area contributed by atoms with E-state index in [4.69, 9.17) is 11.6 Å². The highest BCUT2D eigenvalue weighted by atomic mass is 35.5. The molecule has 0 saturated heterocycles. The molecule has 1 N–H and O–H groups in total. The maximum absolute atomic E-state index is 13.4. The van der Waals surface area contributed by atoms with Crippen LogP contribution >= 0.6 is 11.6 Å². The predicted octanol–water partition coefficient (Wildman–Crippen LogP) is 5.69. The van der Waals surface area contributed by atoms with Crippen molar-refractivity contribution in [1.82, 2.24) is 20.1 Å². The summed E-state index contributed by atoms with van der Waals surface area (Å²) in [7, 11) is 0. The normalized spacial score (nSPS) is 12.8. The summed E-state index contributed by atoms with van der Waals surface area (Å²) < 4.78 is 53.1. The van der Waals surface area contributed by atoms with Crippen molar-refractivity contribution in [2.45, 2.75) is 38.9 Å². The van der Waals surface area contributed by atoms with Gasteiger partial charge in [0, 0.05) is 6.20 Å². The molecule has 0 unspecified atom stereocenters. The van der Waals surface area contributed by atoms with Crippen LogP contribution in [0, 0.1) is 5.82 Å². The summed E-state index contributed by atoms with van der Waals surface area (Å²) in [4.78, 5) is 16.8. The van der Waals surface area contributed by atoms with Gasteiger partial charge in [-0.2, -0.15) is 18.3 Å². The maximum Gasteiger partial charge on any atom is 0.417 e. The molecule has 0 aliphatic rings. The van der Waals surface area contributed by atoms with Gasteiger partial charge in [-0.05, 0) is 42.7 Å². The number of alkyl halides is 3. The van der Waals surface area contributed by atoms with Crippen molar-refractivity contribution in [2.24, 2.45) is 0 Å². The highest BCUT2D eigenvalue weighted by molar-refractivity contribution is 6.30. The second kappa shape index (κ2) is 8.66. The summed E-state index contributed by atoms with van der Waals surface area (Å²) in [6.07, 6.45) is -2.43. The van der Waals surface area contributed by atoms with Crippen molar-refractivity contribution in [3.05, 3.63) is 75.9 Å². The topological polar surface area (TPSA) is 59.8 Å². The van der Waals surface area contributed by atoms with Crippen LogP contribution in [0.25, 0.3) is 5.82 Å². The van der Waals surface area contributed by atoms with Gasteiger partial charge >= 0.3 is 6.18 Å². The molecule has 2 heterocycles. The van der Waals surface area contributed by atoms with Crippen molar-refractivity contribution in [3.8, 4) is 5.82 Å². The third kappa shape index (κ3) is 4.87. The van der Waals surface area contributed by atoms with Crippen LogP contribution < -0.4 is 5.32 Å².